The second kappa shape index (κ2) is 7.60. The van der Waals surface area contributed by atoms with Crippen molar-refractivity contribution in [2.45, 2.75) is 32.1 Å². The molecule has 0 unspecified atom stereocenters. The molecule has 0 spiro atoms. The first-order chi connectivity index (χ1) is 12.1. The van der Waals surface area contributed by atoms with Gasteiger partial charge in [-0.2, -0.15) is 0 Å². The van der Waals surface area contributed by atoms with Crippen LogP contribution in [0.1, 0.15) is 37.1 Å². The average molecular weight is 360 g/mol. The average Bonchev–Trinajstić information content (AvgIpc) is 3.22. The van der Waals surface area contributed by atoms with Crippen LogP contribution in [0.5, 0.6) is 5.75 Å². The molecule has 1 N–H and O–H groups in total. The number of aromatic nitrogens is 2. The SMILES string of the molecule is CCCC(=O)Nc1nnc([C@@H]2CC(=O)N(c3ccc(OC)cc3)C2)s1. The van der Waals surface area contributed by atoms with Gasteiger partial charge in [0.1, 0.15) is 10.8 Å². The summed E-state index contributed by atoms with van der Waals surface area (Å²) in [6.07, 6.45) is 1.64. The van der Waals surface area contributed by atoms with Gasteiger partial charge in [0.25, 0.3) is 0 Å². The summed E-state index contributed by atoms with van der Waals surface area (Å²) in [5, 5.41) is 12.2. The maximum Gasteiger partial charge on any atom is 0.227 e. The van der Waals surface area contributed by atoms with Crippen molar-refractivity contribution in [3.63, 3.8) is 0 Å². The van der Waals surface area contributed by atoms with E-state index in [1.807, 2.05) is 31.2 Å². The first-order valence-corrected chi connectivity index (χ1v) is 9.00. The molecule has 1 aliphatic heterocycles. The molecule has 0 bridgehead atoms. The lowest BCUT2D eigenvalue weighted by atomic mass is 10.1. The van der Waals surface area contributed by atoms with Crippen molar-refractivity contribution in [3.05, 3.63) is 29.3 Å². The summed E-state index contributed by atoms with van der Waals surface area (Å²) >= 11 is 1.34. The molecular formula is C17H20N4O3S. The number of anilines is 2. The highest BCUT2D eigenvalue weighted by atomic mass is 32.1. The van der Waals surface area contributed by atoms with Crippen LogP contribution in [0.25, 0.3) is 0 Å². The Hall–Kier alpha value is -2.48. The van der Waals surface area contributed by atoms with Crippen molar-refractivity contribution in [3.8, 4) is 5.75 Å². The summed E-state index contributed by atoms with van der Waals surface area (Å²) in [7, 11) is 1.61. The number of methoxy groups -OCH3 is 1. The Morgan fingerprint density at radius 1 is 1.36 bits per heavy atom. The molecule has 1 aliphatic rings. The molecule has 132 valence electrons. The standard InChI is InChI=1S/C17H20N4O3S/c1-3-4-14(22)18-17-20-19-16(25-17)11-9-15(23)21(10-11)12-5-7-13(24-2)8-6-12/h5-8,11H,3-4,9-10H2,1-2H3,(H,18,20,22)/t11-/m1/s1. The van der Waals surface area contributed by atoms with Gasteiger partial charge >= 0.3 is 0 Å². The number of carbonyl (C=O) groups is 2. The van der Waals surface area contributed by atoms with E-state index in [0.29, 0.717) is 24.5 Å². The van der Waals surface area contributed by atoms with Gasteiger partial charge in [0.2, 0.25) is 16.9 Å². The van der Waals surface area contributed by atoms with Gasteiger partial charge < -0.3 is 15.0 Å². The van der Waals surface area contributed by atoms with E-state index in [1.165, 1.54) is 11.3 Å². The largest absolute Gasteiger partial charge is 0.497 e. The first kappa shape index (κ1) is 17.3. The molecule has 1 fully saturated rings. The minimum Gasteiger partial charge on any atom is -0.497 e. The van der Waals surface area contributed by atoms with E-state index in [9.17, 15) is 9.59 Å². The third-order valence-corrected chi connectivity index (χ3v) is 5.02. The van der Waals surface area contributed by atoms with Crippen molar-refractivity contribution >= 4 is 34.0 Å². The van der Waals surface area contributed by atoms with E-state index < -0.39 is 0 Å². The smallest absolute Gasteiger partial charge is 0.227 e. The number of nitrogens with zero attached hydrogens (tertiary/aromatic N) is 3. The molecule has 1 aromatic heterocycles. The molecule has 0 aliphatic carbocycles. The zero-order valence-corrected chi connectivity index (χ0v) is 15.0. The Labute approximate surface area is 150 Å². The van der Waals surface area contributed by atoms with Crippen LogP contribution < -0.4 is 15.0 Å². The van der Waals surface area contributed by atoms with Crippen LogP contribution in [-0.2, 0) is 9.59 Å². The van der Waals surface area contributed by atoms with Crippen LogP contribution in [0.2, 0.25) is 0 Å². The molecule has 1 saturated heterocycles. The van der Waals surface area contributed by atoms with Gasteiger partial charge in [0, 0.05) is 31.0 Å². The molecule has 2 heterocycles. The Morgan fingerprint density at radius 2 is 2.12 bits per heavy atom. The molecule has 3 rings (SSSR count). The Morgan fingerprint density at radius 3 is 2.80 bits per heavy atom. The Kier molecular flexibility index (Phi) is 5.28. The van der Waals surface area contributed by atoms with Gasteiger partial charge in [-0.3, -0.25) is 9.59 Å². The third kappa shape index (κ3) is 3.96. The summed E-state index contributed by atoms with van der Waals surface area (Å²) in [5.41, 5.74) is 0.842. The van der Waals surface area contributed by atoms with E-state index in [-0.39, 0.29) is 17.7 Å². The van der Waals surface area contributed by atoms with E-state index in [1.54, 1.807) is 12.0 Å². The second-order valence-electron chi connectivity index (χ2n) is 5.85. The predicted octanol–water partition coefficient (Wildman–Crippen LogP) is 2.81. The van der Waals surface area contributed by atoms with Crippen molar-refractivity contribution in [1.29, 1.82) is 0 Å². The fourth-order valence-electron chi connectivity index (χ4n) is 2.74. The van der Waals surface area contributed by atoms with E-state index >= 15 is 0 Å². The lowest BCUT2D eigenvalue weighted by Crippen LogP contribution is -2.24. The first-order valence-electron chi connectivity index (χ1n) is 8.18. The van der Waals surface area contributed by atoms with Gasteiger partial charge in [0.15, 0.2) is 0 Å². The van der Waals surface area contributed by atoms with Gasteiger partial charge in [0.05, 0.1) is 7.11 Å². The highest BCUT2D eigenvalue weighted by Gasteiger charge is 2.34. The van der Waals surface area contributed by atoms with Gasteiger partial charge in [-0.25, -0.2) is 0 Å². The normalized spacial score (nSPS) is 17.0. The molecule has 8 heteroatoms. The summed E-state index contributed by atoms with van der Waals surface area (Å²) in [4.78, 5) is 25.8. The molecule has 2 amide bonds. The topological polar surface area (TPSA) is 84.4 Å². The van der Waals surface area contributed by atoms with Crippen molar-refractivity contribution < 1.29 is 14.3 Å². The number of carbonyl (C=O) groups excluding carboxylic acids is 2. The third-order valence-electron chi connectivity index (χ3n) is 4.02. The van der Waals surface area contributed by atoms with Crippen molar-refractivity contribution in [2.24, 2.45) is 0 Å². The lowest BCUT2D eigenvalue weighted by Gasteiger charge is -2.16. The maximum atomic E-state index is 12.4. The molecule has 1 atom stereocenters. The fraction of sp³-hybridized carbons (Fsp3) is 0.412. The lowest BCUT2D eigenvalue weighted by molar-refractivity contribution is -0.117. The molecule has 7 nitrogen and oxygen atoms in total. The quantitative estimate of drug-likeness (QED) is 0.856. The number of benzene rings is 1. The molecule has 2 aromatic rings. The number of ether oxygens (including phenoxy) is 1. The Balaban J connectivity index is 1.67. The second-order valence-corrected chi connectivity index (χ2v) is 6.86. The minimum atomic E-state index is -0.0624. The van der Waals surface area contributed by atoms with E-state index in [0.717, 1.165) is 22.9 Å². The van der Waals surface area contributed by atoms with Crippen LogP contribution in [0, 0.1) is 0 Å². The highest BCUT2D eigenvalue weighted by Crippen LogP contribution is 2.34. The summed E-state index contributed by atoms with van der Waals surface area (Å²) < 4.78 is 5.15. The number of nitrogens with one attached hydrogen (secondary N) is 1. The zero-order chi connectivity index (χ0) is 17.8. The van der Waals surface area contributed by atoms with Crippen molar-refractivity contribution in [1.82, 2.24) is 10.2 Å². The van der Waals surface area contributed by atoms with Crippen molar-refractivity contribution in [2.75, 3.05) is 23.9 Å². The number of hydrogen-bond donors (Lipinski definition) is 1. The molecular weight excluding hydrogens is 340 g/mol. The monoisotopic (exact) mass is 360 g/mol. The van der Waals surface area contributed by atoms with E-state index in [2.05, 4.69) is 15.5 Å². The fourth-order valence-corrected chi connectivity index (χ4v) is 3.59. The Bertz CT molecular complexity index is 760. The van der Waals surface area contributed by atoms with Gasteiger partial charge in [-0.1, -0.05) is 18.3 Å². The van der Waals surface area contributed by atoms with E-state index in [4.69, 9.17) is 4.74 Å². The maximum absolute atomic E-state index is 12.4. The zero-order valence-electron chi connectivity index (χ0n) is 14.2. The van der Waals surface area contributed by atoms with Gasteiger partial charge in [-0.15, -0.1) is 10.2 Å². The minimum absolute atomic E-state index is 0.0103. The number of rotatable bonds is 6. The summed E-state index contributed by atoms with van der Waals surface area (Å²) in [6.45, 7) is 2.51. The molecule has 25 heavy (non-hydrogen) atoms. The molecule has 0 radical (unpaired) electrons. The van der Waals surface area contributed by atoms with Gasteiger partial charge in [-0.05, 0) is 30.7 Å². The number of amides is 2. The predicted molar refractivity (Wildman–Crippen MR) is 96.2 cm³/mol. The highest BCUT2D eigenvalue weighted by molar-refractivity contribution is 7.15. The molecule has 1 aromatic carbocycles. The summed E-state index contributed by atoms with van der Waals surface area (Å²) in [6, 6.07) is 7.41. The van der Waals surface area contributed by atoms with Crippen LogP contribution in [0.15, 0.2) is 24.3 Å². The summed E-state index contributed by atoms with van der Waals surface area (Å²) in [5.74, 6) is 0.738. The number of hydrogen-bond acceptors (Lipinski definition) is 6. The van der Waals surface area contributed by atoms with Crippen LogP contribution in [-0.4, -0.2) is 35.7 Å². The van der Waals surface area contributed by atoms with Crippen LogP contribution in [0.4, 0.5) is 10.8 Å². The van der Waals surface area contributed by atoms with Crippen LogP contribution in [0.3, 0.4) is 0 Å². The molecule has 0 saturated carbocycles. The van der Waals surface area contributed by atoms with Crippen LogP contribution >= 0.6 is 11.3 Å².